The molecule has 5 aromatic heterocycles. The predicted molar refractivity (Wildman–Crippen MR) is 264 cm³/mol. The van der Waals surface area contributed by atoms with Gasteiger partial charge in [0.1, 0.15) is 39.3 Å². The lowest BCUT2D eigenvalue weighted by Gasteiger charge is -2.32. The fraction of sp³-hybridized carbons (Fsp3) is 0.449. The zero-order valence-electron chi connectivity index (χ0n) is 39.4. The van der Waals surface area contributed by atoms with Gasteiger partial charge in [0.15, 0.2) is 11.6 Å². The Morgan fingerprint density at radius 2 is 1.39 bits per heavy atom. The first kappa shape index (κ1) is 46.6. The molecule has 18 heteroatoms. The number of piperazine rings is 1. The van der Waals surface area contributed by atoms with Crippen molar-refractivity contribution in [2.75, 3.05) is 46.3 Å². The third-order valence-electron chi connectivity index (χ3n) is 13.1. The van der Waals surface area contributed by atoms with Crippen LogP contribution in [0.3, 0.4) is 0 Å². The first-order valence-corrected chi connectivity index (χ1v) is 25.0. The van der Waals surface area contributed by atoms with E-state index in [9.17, 15) is 9.59 Å². The number of ether oxygens (including phenoxy) is 1. The molecule has 9 rings (SSSR count). The highest BCUT2D eigenvalue weighted by molar-refractivity contribution is 7.15. The number of hydrogen-bond acceptors (Lipinski definition) is 14. The van der Waals surface area contributed by atoms with Crippen LogP contribution in [0.15, 0.2) is 58.8 Å². The van der Waals surface area contributed by atoms with Crippen molar-refractivity contribution in [3.8, 4) is 10.0 Å². The number of carbonyl (C=O) groups excluding carboxylic acids is 2. The maximum atomic E-state index is 14.1. The average molecular weight is 962 g/mol. The summed E-state index contributed by atoms with van der Waals surface area (Å²) in [5.41, 5.74) is 6.81. The summed E-state index contributed by atoms with van der Waals surface area (Å²) in [6, 6.07) is 10.5. The molecule has 1 saturated heterocycles. The van der Waals surface area contributed by atoms with Crippen LogP contribution in [0.2, 0.25) is 5.02 Å². The summed E-state index contributed by atoms with van der Waals surface area (Å²) in [6.45, 7) is 19.5. The van der Waals surface area contributed by atoms with Crippen molar-refractivity contribution in [3.63, 3.8) is 0 Å². The molecule has 0 unspecified atom stereocenters. The van der Waals surface area contributed by atoms with Gasteiger partial charge < -0.3 is 19.9 Å². The van der Waals surface area contributed by atoms with Gasteiger partial charge in [-0.3, -0.25) is 33.7 Å². The monoisotopic (exact) mass is 960 g/mol. The van der Waals surface area contributed by atoms with Crippen LogP contribution in [0.1, 0.15) is 118 Å². The summed E-state index contributed by atoms with van der Waals surface area (Å²) in [4.78, 5) is 49.3. The van der Waals surface area contributed by atoms with Gasteiger partial charge in [-0.05, 0) is 117 Å². The van der Waals surface area contributed by atoms with Gasteiger partial charge in [-0.1, -0.05) is 23.7 Å². The molecule has 8 heterocycles. The summed E-state index contributed by atoms with van der Waals surface area (Å²) >= 11 is 9.75. The molecule has 6 aromatic rings. The van der Waals surface area contributed by atoms with E-state index in [-0.39, 0.29) is 24.8 Å². The number of hydrogen-bond donors (Lipinski definition) is 1. The molecule has 0 saturated carbocycles. The van der Waals surface area contributed by atoms with Crippen molar-refractivity contribution in [2.45, 2.75) is 98.3 Å². The van der Waals surface area contributed by atoms with Crippen LogP contribution in [0.25, 0.3) is 10.0 Å². The van der Waals surface area contributed by atoms with Gasteiger partial charge in [-0.15, -0.1) is 43.1 Å². The lowest BCUT2D eigenvalue weighted by Crippen LogP contribution is -2.44. The van der Waals surface area contributed by atoms with Crippen molar-refractivity contribution < 1.29 is 14.3 Å². The number of pyridine rings is 1. The van der Waals surface area contributed by atoms with Crippen LogP contribution < -0.4 is 5.32 Å². The molecule has 3 aliphatic heterocycles. The minimum absolute atomic E-state index is 0.00185. The Kier molecular flexibility index (Phi) is 13.4. The summed E-state index contributed by atoms with van der Waals surface area (Å²) in [5, 5.41) is 24.0. The first-order valence-electron chi connectivity index (χ1n) is 22.9. The van der Waals surface area contributed by atoms with Gasteiger partial charge in [-0.2, -0.15) is 0 Å². The number of nitrogens with one attached hydrogen (secondary N) is 1. The fourth-order valence-corrected chi connectivity index (χ4v) is 11.8. The summed E-state index contributed by atoms with van der Waals surface area (Å²) in [5.74, 6) is 2.37. The van der Waals surface area contributed by atoms with Gasteiger partial charge in [-0.25, -0.2) is 0 Å². The Morgan fingerprint density at radius 3 is 2.06 bits per heavy atom. The lowest BCUT2D eigenvalue weighted by atomic mass is 9.96. The van der Waals surface area contributed by atoms with Gasteiger partial charge >= 0.3 is 5.97 Å². The molecule has 15 nitrogen and oxygen atoms in total. The molecule has 0 radical (unpaired) electrons. The minimum atomic E-state index is -0.818. The number of aliphatic imine (C=N–C) groups is 2. The van der Waals surface area contributed by atoms with E-state index in [1.807, 2.05) is 68.7 Å². The van der Waals surface area contributed by atoms with Crippen LogP contribution >= 0.6 is 34.3 Å². The Balaban J connectivity index is 0.940. The number of rotatable bonds is 14. The number of amides is 1. The number of aromatic nitrogens is 7. The van der Waals surface area contributed by atoms with Crippen molar-refractivity contribution in [3.05, 3.63) is 120 Å². The number of carbonyl (C=O) groups is 2. The van der Waals surface area contributed by atoms with Crippen LogP contribution in [0.5, 0.6) is 0 Å². The SMILES string of the molecule is Cc1sc2c(c1C)C(c1ccncc1)=N[C@@H](CC(=O)OC(C)(C)CCc1sc3c(c1C)C(c1ccc(Cl)cc1)=N[C@@H](CNC(=O)CCCN1CCN(C)CC1)c1nnc(C)n1-3)c1nnc(C)n1-2. The van der Waals surface area contributed by atoms with Crippen LogP contribution in [0.4, 0.5) is 0 Å². The largest absolute Gasteiger partial charge is 0.460 e. The molecule has 0 spiro atoms. The first-order chi connectivity index (χ1) is 32.2. The maximum absolute atomic E-state index is 14.1. The van der Waals surface area contributed by atoms with Crippen molar-refractivity contribution in [1.29, 1.82) is 0 Å². The molecule has 1 N–H and O–H groups in total. The highest BCUT2D eigenvalue weighted by atomic mass is 35.5. The predicted octanol–water partition coefficient (Wildman–Crippen LogP) is 7.83. The number of esters is 1. The fourth-order valence-electron chi connectivity index (χ4n) is 9.15. The molecule has 1 aromatic carbocycles. The van der Waals surface area contributed by atoms with E-state index in [1.165, 1.54) is 4.88 Å². The molecular formula is C49H57ClN12O3S2. The van der Waals surface area contributed by atoms with Gasteiger partial charge in [0.25, 0.3) is 0 Å². The number of likely N-dealkylation sites (N-methyl/N-ethyl adjacent to an activating group) is 1. The summed E-state index contributed by atoms with van der Waals surface area (Å²) in [6.07, 6.45) is 5.95. The van der Waals surface area contributed by atoms with Gasteiger partial charge in [0, 0.05) is 88.6 Å². The van der Waals surface area contributed by atoms with E-state index in [1.54, 1.807) is 35.1 Å². The highest BCUT2D eigenvalue weighted by Gasteiger charge is 2.36. The second-order valence-electron chi connectivity index (χ2n) is 18.4. The smallest absolute Gasteiger partial charge is 0.308 e. The molecule has 1 amide bonds. The number of halogens is 1. The summed E-state index contributed by atoms with van der Waals surface area (Å²) < 4.78 is 10.5. The molecule has 0 bridgehead atoms. The molecule has 2 atom stereocenters. The zero-order valence-corrected chi connectivity index (χ0v) is 41.8. The van der Waals surface area contributed by atoms with Gasteiger partial charge in [0.05, 0.1) is 17.8 Å². The van der Waals surface area contributed by atoms with E-state index < -0.39 is 17.7 Å². The standard InChI is InChI=1S/C49H57ClN12O3S2/c1-28-30(3)66-47-41(28)44(34-16-19-51-20-17-34)53-36(45-57-55-31(4)61(45)47)26-40(64)65-49(6,7)18-15-38-29(2)42-43(33-11-13-35(50)14-12-33)54-37(46-58-56-32(5)62(46)48(42)67-38)27-52-39(63)10-9-21-60-24-22-59(8)23-25-60/h11-14,16-17,19-20,36-37H,9-10,15,18,21-27H2,1-8H3,(H,52,63)/t36-,37-/m0/s1. The van der Waals surface area contributed by atoms with Crippen LogP contribution in [-0.2, 0) is 20.7 Å². The van der Waals surface area contributed by atoms with Crippen molar-refractivity contribution >= 4 is 57.6 Å². The molecule has 3 aliphatic rings. The number of thiophene rings is 2. The van der Waals surface area contributed by atoms with E-state index >= 15 is 0 Å². The minimum Gasteiger partial charge on any atom is -0.460 e. The number of aryl methyl sites for hydroxylation is 4. The third-order valence-corrected chi connectivity index (χ3v) is 15.9. The Labute approximate surface area is 404 Å². The number of fused-ring (bicyclic) bond motifs is 6. The van der Waals surface area contributed by atoms with E-state index in [0.29, 0.717) is 35.9 Å². The van der Waals surface area contributed by atoms with E-state index in [2.05, 4.69) is 72.9 Å². The Morgan fingerprint density at radius 1 is 0.791 bits per heavy atom. The normalized spacial score (nSPS) is 17.4. The van der Waals surface area contributed by atoms with Crippen LogP contribution in [0, 0.1) is 34.6 Å². The van der Waals surface area contributed by atoms with E-state index in [0.717, 1.165) is 110 Å². The number of nitrogens with zero attached hydrogens (tertiary/aromatic N) is 11. The lowest BCUT2D eigenvalue weighted by molar-refractivity contribution is -0.157. The molecular weight excluding hydrogens is 904 g/mol. The average Bonchev–Trinajstić information content (AvgIpc) is 4.00. The topological polar surface area (TPSA) is 161 Å². The van der Waals surface area contributed by atoms with Crippen molar-refractivity contribution in [1.82, 2.24) is 49.6 Å². The molecule has 0 aliphatic carbocycles. The second-order valence-corrected chi connectivity index (χ2v) is 21.1. The maximum Gasteiger partial charge on any atom is 0.308 e. The summed E-state index contributed by atoms with van der Waals surface area (Å²) in [7, 11) is 2.15. The van der Waals surface area contributed by atoms with Crippen molar-refractivity contribution in [2.24, 2.45) is 9.98 Å². The molecule has 1 fully saturated rings. The highest BCUT2D eigenvalue weighted by Crippen LogP contribution is 2.42. The van der Waals surface area contributed by atoms with Crippen LogP contribution in [-0.4, -0.2) is 120 Å². The quantitative estimate of drug-likeness (QED) is 0.107. The van der Waals surface area contributed by atoms with Gasteiger partial charge in [0.2, 0.25) is 5.91 Å². The number of benzene rings is 1. The zero-order chi connectivity index (χ0) is 47.1. The molecule has 67 heavy (non-hydrogen) atoms. The second kappa shape index (κ2) is 19.3. The Hall–Kier alpha value is -5.46. The van der Waals surface area contributed by atoms with E-state index in [4.69, 9.17) is 26.3 Å². The third kappa shape index (κ3) is 9.66. The Bertz CT molecular complexity index is 2870. The molecule has 350 valence electrons.